The molecule has 0 radical (unpaired) electrons. The zero-order valence-corrected chi connectivity index (χ0v) is 14.3. The van der Waals surface area contributed by atoms with Crippen LogP contribution in [0.2, 0.25) is 0 Å². The third-order valence-electron chi connectivity index (χ3n) is 3.53. The van der Waals surface area contributed by atoms with Crippen LogP contribution in [0.15, 0.2) is 53.2 Å². The second kappa shape index (κ2) is 8.36. The van der Waals surface area contributed by atoms with Crippen LogP contribution in [-0.2, 0) is 4.79 Å². The number of amides is 2. The Morgan fingerprint density at radius 1 is 1.28 bits per heavy atom. The number of hydrogen-bond donors (Lipinski definition) is 3. The molecule has 1 aliphatic heterocycles. The van der Waals surface area contributed by atoms with Crippen LogP contribution >= 0.6 is 12.4 Å². The van der Waals surface area contributed by atoms with Gasteiger partial charge in [-0.2, -0.15) is 0 Å². The molecule has 0 saturated heterocycles. The molecule has 1 aromatic carbocycles. The average Bonchev–Trinajstić information content (AvgIpc) is 3.28. The Bertz CT molecular complexity index is 774. The molecular formula is C17H18ClN3O4. The molecule has 0 fully saturated rings. The topological polar surface area (TPSA) is 92.6 Å². The van der Waals surface area contributed by atoms with Crippen molar-refractivity contribution in [2.24, 2.45) is 0 Å². The first kappa shape index (κ1) is 18.6. The lowest BCUT2D eigenvalue weighted by Gasteiger charge is -2.14. The van der Waals surface area contributed by atoms with Crippen molar-refractivity contribution < 1.29 is 18.7 Å². The fourth-order valence-corrected chi connectivity index (χ4v) is 2.34. The highest BCUT2D eigenvalue weighted by Crippen LogP contribution is 2.28. The summed E-state index contributed by atoms with van der Waals surface area (Å²) in [6.07, 6.45) is 5.12. The molecular weight excluding hydrogens is 346 g/mol. The standard InChI is InChI=1S/C17H17N3O4.ClH/c1-23-14-7-6-11(19-16(21)12-4-2-8-18-12)10-13(14)20-17(22)15-5-3-9-24-15;/h2-7,9-10,12,18H,8H2,1H3,(H,19,21)(H,20,22);1H. The number of furan rings is 1. The summed E-state index contributed by atoms with van der Waals surface area (Å²) in [6.45, 7) is 0.672. The SMILES string of the molecule is COc1ccc(NC(=O)C2C=CCN2)cc1NC(=O)c1ccco1.Cl. The van der Waals surface area contributed by atoms with Crippen LogP contribution in [0, 0.1) is 0 Å². The van der Waals surface area contributed by atoms with Gasteiger partial charge in [0.15, 0.2) is 5.76 Å². The number of halogens is 1. The van der Waals surface area contributed by atoms with E-state index in [1.54, 1.807) is 36.4 Å². The van der Waals surface area contributed by atoms with Crippen LogP contribution in [0.25, 0.3) is 0 Å². The van der Waals surface area contributed by atoms with Crippen molar-refractivity contribution >= 4 is 35.6 Å². The van der Waals surface area contributed by atoms with E-state index in [9.17, 15) is 9.59 Å². The molecule has 132 valence electrons. The van der Waals surface area contributed by atoms with Gasteiger partial charge in [-0.25, -0.2) is 0 Å². The van der Waals surface area contributed by atoms with Crippen molar-refractivity contribution in [1.82, 2.24) is 5.32 Å². The predicted molar refractivity (Wildman–Crippen MR) is 96.5 cm³/mol. The summed E-state index contributed by atoms with van der Waals surface area (Å²) in [7, 11) is 1.50. The average molecular weight is 364 g/mol. The van der Waals surface area contributed by atoms with E-state index in [1.807, 2.05) is 6.08 Å². The summed E-state index contributed by atoms with van der Waals surface area (Å²) < 4.78 is 10.3. The first-order chi connectivity index (χ1) is 11.7. The van der Waals surface area contributed by atoms with Crippen molar-refractivity contribution in [2.45, 2.75) is 6.04 Å². The van der Waals surface area contributed by atoms with Crippen LogP contribution in [0.3, 0.4) is 0 Å². The fraction of sp³-hybridized carbons (Fsp3) is 0.176. The quantitative estimate of drug-likeness (QED) is 0.709. The summed E-state index contributed by atoms with van der Waals surface area (Å²) >= 11 is 0. The smallest absolute Gasteiger partial charge is 0.291 e. The molecule has 2 aromatic rings. The number of carbonyl (C=O) groups is 2. The third-order valence-corrected chi connectivity index (χ3v) is 3.53. The molecule has 3 N–H and O–H groups in total. The largest absolute Gasteiger partial charge is 0.495 e. The van der Waals surface area contributed by atoms with Crippen molar-refractivity contribution in [3.8, 4) is 5.75 Å². The first-order valence-corrected chi connectivity index (χ1v) is 7.41. The molecule has 8 heteroatoms. The summed E-state index contributed by atoms with van der Waals surface area (Å²) in [4.78, 5) is 24.3. The highest BCUT2D eigenvalue weighted by molar-refractivity contribution is 6.04. The monoisotopic (exact) mass is 363 g/mol. The van der Waals surface area contributed by atoms with Gasteiger partial charge in [-0.1, -0.05) is 12.2 Å². The highest BCUT2D eigenvalue weighted by atomic mass is 35.5. The lowest BCUT2D eigenvalue weighted by molar-refractivity contribution is -0.116. The van der Waals surface area contributed by atoms with Crippen molar-refractivity contribution in [3.63, 3.8) is 0 Å². The van der Waals surface area contributed by atoms with Gasteiger partial charge in [-0.15, -0.1) is 12.4 Å². The number of carbonyl (C=O) groups excluding carboxylic acids is 2. The number of rotatable bonds is 5. The fourth-order valence-electron chi connectivity index (χ4n) is 2.34. The van der Waals surface area contributed by atoms with Gasteiger partial charge in [0.05, 0.1) is 19.1 Å². The summed E-state index contributed by atoms with van der Waals surface area (Å²) in [5.74, 6) is 0.0953. The van der Waals surface area contributed by atoms with E-state index in [0.717, 1.165) is 0 Å². The van der Waals surface area contributed by atoms with E-state index in [4.69, 9.17) is 9.15 Å². The zero-order chi connectivity index (χ0) is 16.9. The molecule has 1 atom stereocenters. The van der Waals surface area contributed by atoms with Gasteiger partial charge < -0.3 is 19.8 Å². The van der Waals surface area contributed by atoms with Crippen LogP contribution in [0.4, 0.5) is 11.4 Å². The van der Waals surface area contributed by atoms with Crippen molar-refractivity contribution in [1.29, 1.82) is 0 Å². The molecule has 2 heterocycles. The van der Waals surface area contributed by atoms with Crippen LogP contribution in [0.1, 0.15) is 10.6 Å². The van der Waals surface area contributed by atoms with Gasteiger partial charge >= 0.3 is 0 Å². The van der Waals surface area contributed by atoms with Crippen LogP contribution in [-0.4, -0.2) is 31.5 Å². The third kappa shape index (κ3) is 4.40. The molecule has 7 nitrogen and oxygen atoms in total. The number of anilines is 2. The van der Waals surface area contributed by atoms with E-state index < -0.39 is 5.91 Å². The van der Waals surface area contributed by atoms with E-state index in [1.165, 1.54) is 13.4 Å². The van der Waals surface area contributed by atoms with E-state index in [2.05, 4.69) is 16.0 Å². The van der Waals surface area contributed by atoms with E-state index in [-0.39, 0.29) is 30.1 Å². The minimum absolute atomic E-state index is 0. The van der Waals surface area contributed by atoms with Gasteiger partial charge in [-0.3, -0.25) is 14.9 Å². The van der Waals surface area contributed by atoms with E-state index in [0.29, 0.717) is 23.7 Å². The maximum absolute atomic E-state index is 12.1. The number of benzene rings is 1. The molecule has 0 bridgehead atoms. The Morgan fingerprint density at radius 2 is 2.12 bits per heavy atom. The Kier molecular flexibility index (Phi) is 6.21. The lowest BCUT2D eigenvalue weighted by Crippen LogP contribution is -2.35. The summed E-state index contributed by atoms with van der Waals surface area (Å²) in [6, 6.07) is 7.85. The summed E-state index contributed by atoms with van der Waals surface area (Å²) in [5, 5.41) is 8.54. The van der Waals surface area contributed by atoms with Crippen LogP contribution in [0.5, 0.6) is 5.75 Å². The normalized spacial score (nSPS) is 15.3. The molecule has 1 aromatic heterocycles. The molecule has 3 rings (SSSR count). The number of methoxy groups -OCH3 is 1. The lowest BCUT2D eigenvalue weighted by atomic mass is 10.2. The molecule has 2 amide bonds. The Balaban J connectivity index is 0.00000225. The van der Waals surface area contributed by atoms with Gasteiger partial charge in [-0.05, 0) is 30.3 Å². The van der Waals surface area contributed by atoms with Crippen LogP contribution < -0.4 is 20.7 Å². The zero-order valence-electron chi connectivity index (χ0n) is 13.4. The van der Waals surface area contributed by atoms with Gasteiger partial charge in [0.2, 0.25) is 5.91 Å². The minimum atomic E-state index is -0.401. The van der Waals surface area contributed by atoms with Crippen molar-refractivity contribution in [2.75, 3.05) is 24.3 Å². The van der Waals surface area contributed by atoms with E-state index >= 15 is 0 Å². The second-order valence-electron chi connectivity index (χ2n) is 5.15. The second-order valence-corrected chi connectivity index (χ2v) is 5.15. The molecule has 25 heavy (non-hydrogen) atoms. The Labute approximate surface area is 150 Å². The van der Waals surface area contributed by atoms with Gasteiger partial charge in [0.1, 0.15) is 11.8 Å². The molecule has 0 aliphatic carbocycles. The number of hydrogen-bond acceptors (Lipinski definition) is 5. The highest BCUT2D eigenvalue weighted by Gasteiger charge is 2.18. The summed E-state index contributed by atoms with van der Waals surface area (Å²) in [5.41, 5.74) is 0.990. The maximum atomic E-state index is 12.1. The molecule has 0 spiro atoms. The molecule has 1 unspecified atom stereocenters. The maximum Gasteiger partial charge on any atom is 0.291 e. The first-order valence-electron chi connectivity index (χ1n) is 7.41. The number of ether oxygens (including phenoxy) is 1. The number of nitrogens with one attached hydrogen (secondary N) is 3. The molecule has 1 aliphatic rings. The van der Waals surface area contributed by atoms with Gasteiger partial charge in [0, 0.05) is 12.2 Å². The Hall–Kier alpha value is -2.77. The Morgan fingerprint density at radius 3 is 2.76 bits per heavy atom. The molecule has 0 saturated carbocycles. The minimum Gasteiger partial charge on any atom is -0.495 e. The predicted octanol–water partition coefficient (Wildman–Crippen LogP) is 2.43. The van der Waals surface area contributed by atoms with Crippen molar-refractivity contribution in [3.05, 3.63) is 54.5 Å². The van der Waals surface area contributed by atoms with Gasteiger partial charge in [0.25, 0.3) is 5.91 Å².